The second kappa shape index (κ2) is 10.5. The number of nitrogens with zero attached hydrogens (tertiary/aromatic N) is 1. The topological polar surface area (TPSA) is 4.93 Å². The first kappa shape index (κ1) is 24.3. The van der Waals surface area contributed by atoms with Crippen molar-refractivity contribution in [2.75, 3.05) is 0 Å². The molecule has 0 N–H and O–H groups in total. The monoisotopic (exact) mass is 525 g/mol. The summed E-state index contributed by atoms with van der Waals surface area (Å²) in [5.74, 6) is 0. The molecule has 3 aromatic rings. The van der Waals surface area contributed by atoms with Gasteiger partial charge in [0.25, 0.3) is 0 Å². The van der Waals surface area contributed by atoms with Crippen LogP contribution in [-0.2, 0) is 20.8 Å². The Labute approximate surface area is 205 Å². The van der Waals surface area contributed by atoms with Crippen LogP contribution >= 0.6 is 17.0 Å². The van der Waals surface area contributed by atoms with Crippen molar-refractivity contribution in [1.82, 2.24) is 4.57 Å². The van der Waals surface area contributed by atoms with Crippen molar-refractivity contribution < 1.29 is 20.8 Å². The number of para-hydroxylation sites is 1. The van der Waals surface area contributed by atoms with Crippen LogP contribution in [0.4, 0.5) is 0 Å². The zero-order valence-corrected chi connectivity index (χ0v) is 22.6. The van der Waals surface area contributed by atoms with Crippen LogP contribution in [0, 0.1) is 17.6 Å². The number of rotatable bonds is 1. The maximum absolute atomic E-state index is 4.93. The van der Waals surface area contributed by atoms with Crippen LogP contribution in [0.1, 0.15) is 51.8 Å². The molecule has 0 bridgehead atoms. The Balaban J connectivity index is 0.000000178. The van der Waals surface area contributed by atoms with Gasteiger partial charge in [-0.05, 0) is 23.6 Å². The summed E-state index contributed by atoms with van der Waals surface area (Å²) in [4.78, 5) is 0. The molecule has 158 valence electrons. The van der Waals surface area contributed by atoms with Crippen molar-refractivity contribution in [3.8, 4) is 0 Å². The summed E-state index contributed by atoms with van der Waals surface area (Å²) in [5.41, 5.74) is 8.27. The number of hydrogen-bond donors (Lipinski definition) is 0. The van der Waals surface area contributed by atoms with E-state index in [9.17, 15) is 0 Å². The first-order chi connectivity index (χ1) is 14.8. The van der Waals surface area contributed by atoms with Crippen LogP contribution in [0.15, 0.2) is 77.5 Å². The van der Waals surface area contributed by atoms with Gasteiger partial charge in [-0.3, -0.25) is 6.08 Å². The molecule has 1 aromatic heterocycles. The fourth-order valence-electron chi connectivity index (χ4n) is 4.12. The third-order valence-corrected chi connectivity index (χ3v) is 6.16. The summed E-state index contributed by atoms with van der Waals surface area (Å²) in [6.45, 7) is 10.9. The van der Waals surface area contributed by atoms with E-state index in [1.807, 2.05) is 0 Å². The number of allylic oxidation sites excluding steroid dienone is 5. The fourth-order valence-corrected chi connectivity index (χ4v) is 4.12. The third kappa shape index (κ3) is 5.36. The molecule has 2 aliphatic carbocycles. The molecule has 2 aliphatic rings. The molecule has 31 heavy (non-hydrogen) atoms. The quantitative estimate of drug-likeness (QED) is 0.280. The summed E-state index contributed by atoms with van der Waals surface area (Å²) in [6, 6.07) is 19.4. The minimum absolute atomic E-state index is 0.189. The normalized spacial score (nSPS) is 17.9. The zero-order valence-electron chi connectivity index (χ0n) is 18.6. The molecule has 4 heteroatoms. The molecule has 0 saturated carbocycles. The van der Waals surface area contributed by atoms with Gasteiger partial charge in [0.15, 0.2) is 0 Å². The predicted molar refractivity (Wildman–Crippen MR) is 131 cm³/mol. The van der Waals surface area contributed by atoms with Gasteiger partial charge in [-0.15, -0.1) is 18.6 Å². The Morgan fingerprint density at radius 1 is 0.935 bits per heavy atom. The minimum atomic E-state index is -0.826. The summed E-state index contributed by atoms with van der Waals surface area (Å²) in [5, 5.41) is 1.28. The van der Waals surface area contributed by atoms with Gasteiger partial charge in [0.05, 0.1) is 0 Å². The Kier molecular flexibility index (Phi) is 8.25. The summed E-state index contributed by atoms with van der Waals surface area (Å²) < 4.78 is 2.29. The van der Waals surface area contributed by atoms with Crippen molar-refractivity contribution in [3.05, 3.63) is 101 Å². The van der Waals surface area contributed by atoms with Crippen LogP contribution in [0.3, 0.4) is 0 Å². The van der Waals surface area contributed by atoms with Crippen molar-refractivity contribution in [2.24, 2.45) is 5.41 Å². The molecule has 1 nitrogen and oxygen atoms in total. The zero-order chi connectivity index (χ0) is 22.6. The van der Waals surface area contributed by atoms with Crippen molar-refractivity contribution >= 4 is 34.0 Å². The van der Waals surface area contributed by atoms with Gasteiger partial charge in [-0.2, -0.15) is 16.7 Å². The van der Waals surface area contributed by atoms with Crippen LogP contribution in [0.2, 0.25) is 0 Å². The van der Waals surface area contributed by atoms with E-state index < -0.39 is 20.8 Å². The predicted octanol–water partition coefficient (Wildman–Crippen LogP) is 8.55. The van der Waals surface area contributed by atoms with E-state index in [0.29, 0.717) is 0 Å². The molecule has 0 spiro atoms. The fraction of sp³-hybridized carbons (Fsp3) is 0.259. The van der Waals surface area contributed by atoms with Gasteiger partial charge in [0.2, 0.25) is 0 Å². The van der Waals surface area contributed by atoms with Gasteiger partial charge in [0, 0.05) is 11.7 Å². The van der Waals surface area contributed by atoms with Crippen molar-refractivity contribution in [3.63, 3.8) is 0 Å². The Morgan fingerprint density at radius 2 is 1.58 bits per heavy atom. The van der Waals surface area contributed by atoms with E-state index >= 15 is 0 Å². The maximum atomic E-state index is 4.93. The SMILES string of the molecule is CC1=[C-]C(C)(C)C(C)=C1C.[C-]1=Cc2ccccc2C1n1ccc2ccccc21.[Cl][Zr+2][Cl]. The molecule has 0 amide bonds. The van der Waals surface area contributed by atoms with Gasteiger partial charge in [-0.25, -0.2) is 17.7 Å². The molecule has 0 aliphatic heterocycles. The van der Waals surface area contributed by atoms with E-state index in [1.54, 1.807) is 0 Å². The van der Waals surface area contributed by atoms with Crippen LogP contribution in [0.25, 0.3) is 17.0 Å². The Morgan fingerprint density at radius 3 is 2.19 bits per heavy atom. The average molecular weight is 528 g/mol. The Bertz CT molecular complexity index is 1150. The molecule has 0 radical (unpaired) electrons. The summed E-state index contributed by atoms with van der Waals surface area (Å²) in [7, 11) is 9.87. The molecule has 0 saturated heterocycles. The molecule has 1 unspecified atom stereocenters. The molecular formula is C27H27Cl2NZr. The summed E-state index contributed by atoms with van der Waals surface area (Å²) in [6.07, 6.45) is 11.1. The number of fused-ring (bicyclic) bond motifs is 2. The average Bonchev–Trinajstić information content (AvgIpc) is 3.41. The van der Waals surface area contributed by atoms with Crippen molar-refractivity contribution in [2.45, 2.75) is 40.7 Å². The van der Waals surface area contributed by atoms with Crippen LogP contribution in [0.5, 0.6) is 0 Å². The molecule has 2 aromatic carbocycles. The number of aromatic nitrogens is 1. The van der Waals surface area contributed by atoms with E-state index in [1.165, 1.54) is 38.7 Å². The van der Waals surface area contributed by atoms with E-state index in [-0.39, 0.29) is 11.5 Å². The number of hydrogen-bond acceptors (Lipinski definition) is 0. The molecule has 0 fully saturated rings. The first-order valence-corrected chi connectivity index (χ1v) is 16.6. The van der Waals surface area contributed by atoms with Gasteiger partial charge in [-0.1, -0.05) is 69.5 Å². The van der Waals surface area contributed by atoms with Gasteiger partial charge in [0.1, 0.15) is 0 Å². The number of halogens is 2. The van der Waals surface area contributed by atoms with E-state index in [0.717, 1.165) is 0 Å². The van der Waals surface area contributed by atoms with Gasteiger partial charge < -0.3 is 4.57 Å². The molecular weight excluding hydrogens is 500 g/mol. The van der Waals surface area contributed by atoms with Gasteiger partial charge >= 0.3 is 37.9 Å². The standard InChI is InChI=1S/C17H12N.C10H15.2ClH.Zr/c1-3-7-15-13(5-1)9-10-17(15)18-12-11-14-6-2-4-8-16(14)18;1-7-6-10(4,5)9(3)8(7)2;;;/h1-9,11-12,17H;1-5H3;2*1H;/q2*-1;;;+4/p-2. The van der Waals surface area contributed by atoms with Crippen LogP contribution in [-0.4, -0.2) is 4.57 Å². The first-order valence-electron chi connectivity index (χ1n) is 10.3. The van der Waals surface area contributed by atoms with Crippen LogP contribution < -0.4 is 0 Å². The second-order valence-corrected chi connectivity index (χ2v) is 12.1. The molecule has 5 rings (SSSR count). The summed E-state index contributed by atoms with van der Waals surface area (Å²) >= 11 is -0.826. The number of benzene rings is 2. The second-order valence-electron chi connectivity index (χ2n) is 8.32. The molecule has 1 atom stereocenters. The third-order valence-electron chi connectivity index (χ3n) is 6.16. The van der Waals surface area contributed by atoms with E-state index in [2.05, 4.69) is 118 Å². The van der Waals surface area contributed by atoms with E-state index in [4.69, 9.17) is 17.0 Å². The Hall–Kier alpha value is -1.34. The van der Waals surface area contributed by atoms with Crippen molar-refractivity contribution in [1.29, 1.82) is 0 Å². The molecule has 1 heterocycles.